The molecule has 0 fully saturated rings. The predicted molar refractivity (Wildman–Crippen MR) is 139 cm³/mol. The van der Waals surface area contributed by atoms with E-state index in [1.807, 2.05) is 50.4 Å². The van der Waals surface area contributed by atoms with Crippen LogP contribution in [-0.2, 0) is 16.6 Å². The van der Waals surface area contributed by atoms with Crippen molar-refractivity contribution in [2.45, 2.75) is 38.1 Å². The first-order valence-corrected chi connectivity index (χ1v) is 13.9. The molecule has 0 spiro atoms. The minimum absolute atomic E-state index is 0.194. The molecule has 2 aromatic heterocycles. The number of rotatable bonds is 11. The lowest BCUT2D eigenvalue weighted by atomic mass is 10.2. The topological polar surface area (TPSA) is 88.4 Å². The van der Waals surface area contributed by atoms with E-state index in [1.54, 1.807) is 27.9 Å². The zero-order valence-corrected chi connectivity index (χ0v) is 21.5. The standard InChI is InChI=1S/C25H29N5O3S2/c1-3-15-29(16-4-2)35(32,33)21-12-10-20(11-13-21)24(31)30(19-18-28-17-7-14-26-28)25-27-22-8-5-6-9-23(22)34-25/h5-14,17H,3-4,15-16,18-19H2,1-2H3. The Labute approximate surface area is 209 Å². The van der Waals surface area contributed by atoms with Gasteiger partial charge in [-0.2, -0.15) is 9.40 Å². The number of carbonyl (C=O) groups excluding carboxylic acids is 1. The molecule has 10 heteroatoms. The third-order valence-electron chi connectivity index (χ3n) is 5.56. The molecule has 0 N–H and O–H groups in total. The molecule has 0 unspecified atom stereocenters. The Morgan fingerprint density at radius 1 is 0.971 bits per heavy atom. The lowest BCUT2D eigenvalue weighted by molar-refractivity contribution is 0.0985. The first-order chi connectivity index (χ1) is 16.9. The van der Waals surface area contributed by atoms with Gasteiger partial charge in [0.25, 0.3) is 5.91 Å². The van der Waals surface area contributed by atoms with Gasteiger partial charge >= 0.3 is 0 Å². The van der Waals surface area contributed by atoms with Gasteiger partial charge in [-0.3, -0.25) is 14.4 Å². The molecule has 0 aliphatic heterocycles. The number of anilines is 1. The number of amides is 1. The van der Waals surface area contributed by atoms with Crippen LogP contribution >= 0.6 is 11.3 Å². The van der Waals surface area contributed by atoms with Crippen molar-refractivity contribution in [1.29, 1.82) is 0 Å². The van der Waals surface area contributed by atoms with E-state index in [2.05, 4.69) is 10.1 Å². The molecule has 2 aromatic carbocycles. The van der Waals surface area contributed by atoms with Crippen molar-refractivity contribution in [3.05, 3.63) is 72.6 Å². The van der Waals surface area contributed by atoms with Gasteiger partial charge in [-0.1, -0.05) is 37.3 Å². The monoisotopic (exact) mass is 511 g/mol. The highest BCUT2D eigenvalue weighted by Crippen LogP contribution is 2.30. The highest BCUT2D eigenvalue weighted by molar-refractivity contribution is 7.89. The van der Waals surface area contributed by atoms with Gasteiger partial charge in [0.15, 0.2) is 5.13 Å². The van der Waals surface area contributed by atoms with Gasteiger partial charge in [0.05, 0.1) is 21.7 Å². The fourth-order valence-electron chi connectivity index (χ4n) is 3.82. The minimum atomic E-state index is -3.61. The molecule has 0 bridgehead atoms. The Bertz CT molecular complexity index is 1330. The van der Waals surface area contributed by atoms with Gasteiger partial charge in [-0.05, 0) is 55.3 Å². The molecule has 0 radical (unpaired) electrons. The van der Waals surface area contributed by atoms with Gasteiger partial charge in [0, 0.05) is 37.6 Å². The number of hydrogen-bond donors (Lipinski definition) is 0. The van der Waals surface area contributed by atoms with Crippen LogP contribution in [0.1, 0.15) is 37.0 Å². The van der Waals surface area contributed by atoms with Crippen LogP contribution in [-0.4, -0.2) is 53.0 Å². The van der Waals surface area contributed by atoms with E-state index < -0.39 is 10.0 Å². The summed E-state index contributed by atoms with van der Waals surface area (Å²) in [6.07, 6.45) is 5.02. The number of fused-ring (bicyclic) bond motifs is 1. The number of sulfonamides is 1. The normalized spacial score (nSPS) is 11.9. The summed E-state index contributed by atoms with van der Waals surface area (Å²) in [5.41, 5.74) is 1.24. The number of carbonyl (C=O) groups is 1. The van der Waals surface area contributed by atoms with Crippen LogP contribution in [0.5, 0.6) is 0 Å². The fraction of sp³-hybridized carbons (Fsp3) is 0.320. The molecule has 0 atom stereocenters. The first-order valence-electron chi connectivity index (χ1n) is 11.7. The highest BCUT2D eigenvalue weighted by Gasteiger charge is 2.25. The van der Waals surface area contributed by atoms with Crippen LogP contribution in [0.15, 0.2) is 71.9 Å². The molecule has 0 saturated heterocycles. The molecule has 8 nitrogen and oxygen atoms in total. The smallest absolute Gasteiger partial charge is 0.260 e. The summed E-state index contributed by atoms with van der Waals surface area (Å²) in [4.78, 5) is 20.1. The van der Waals surface area contributed by atoms with Gasteiger partial charge in [0.2, 0.25) is 10.0 Å². The van der Waals surface area contributed by atoms with Crippen molar-refractivity contribution in [2.75, 3.05) is 24.5 Å². The number of nitrogens with zero attached hydrogens (tertiary/aromatic N) is 5. The third-order valence-corrected chi connectivity index (χ3v) is 8.53. The SMILES string of the molecule is CCCN(CCC)S(=O)(=O)c1ccc(C(=O)N(CCn2cccn2)c2nc3ccccc3s2)cc1. The van der Waals surface area contributed by atoms with Gasteiger partial charge in [0.1, 0.15) is 0 Å². The zero-order valence-electron chi connectivity index (χ0n) is 19.9. The van der Waals surface area contributed by atoms with Crippen LogP contribution in [0.2, 0.25) is 0 Å². The lowest BCUT2D eigenvalue weighted by Gasteiger charge is -2.22. The molecular weight excluding hydrogens is 482 g/mol. The van der Waals surface area contributed by atoms with Crippen molar-refractivity contribution in [2.24, 2.45) is 0 Å². The van der Waals surface area contributed by atoms with Crippen LogP contribution in [0, 0.1) is 0 Å². The molecule has 2 heterocycles. The molecule has 4 rings (SSSR count). The van der Waals surface area contributed by atoms with Gasteiger partial charge < -0.3 is 0 Å². The van der Waals surface area contributed by atoms with E-state index in [9.17, 15) is 13.2 Å². The molecule has 1 amide bonds. The number of hydrogen-bond acceptors (Lipinski definition) is 6. The lowest BCUT2D eigenvalue weighted by Crippen LogP contribution is -2.34. The largest absolute Gasteiger partial charge is 0.282 e. The molecule has 0 saturated carbocycles. The van der Waals surface area contributed by atoms with Crippen molar-refractivity contribution in [3.63, 3.8) is 0 Å². The first kappa shape index (κ1) is 25.0. The fourth-order valence-corrected chi connectivity index (χ4v) is 6.43. The number of benzene rings is 2. The minimum Gasteiger partial charge on any atom is -0.282 e. The maximum absolute atomic E-state index is 13.6. The summed E-state index contributed by atoms with van der Waals surface area (Å²) in [6.45, 7) is 5.73. The van der Waals surface area contributed by atoms with Crippen molar-refractivity contribution in [1.82, 2.24) is 19.1 Å². The van der Waals surface area contributed by atoms with E-state index in [-0.39, 0.29) is 10.8 Å². The van der Waals surface area contributed by atoms with E-state index >= 15 is 0 Å². The molecule has 4 aromatic rings. The molecule has 184 valence electrons. The average Bonchev–Trinajstić information content (AvgIpc) is 3.54. The second-order valence-electron chi connectivity index (χ2n) is 8.12. The molecule has 35 heavy (non-hydrogen) atoms. The maximum Gasteiger partial charge on any atom is 0.260 e. The summed E-state index contributed by atoms with van der Waals surface area (Å²) in [5.74, 6) is -0.237. The number of aromatic nitrogens is 3. The highest BCUT2D eigenvalue weighted by atomic mass is 32.2. The molecule has 0 aliphatic rings. The molecular formula is C25H29N5O3S2. The Morgan fingerprint density at radius 3 is 2.31 bits per heavy atom. The Balaban J connectivity index is 1.62. The van der Waals surface area contributed by atoms with Crippen molar-refractivity contribution in [3.8, 4) is 0 Å². The van der Waals surface area contributed by atoms with Gasteiger partial charge in [-0.25, -0.2) is 13.4 Å². The summed E-state index contributed by atoms with van der Waals surface area (Å²) in [6, 6.07) is 15.8. The third kappa shape index (κ3) is 5.61. The van der Waals surface area contributed by atoms with Crippen LogP contribution < -0.4 is 4.90 Å². The van der Waals surface area contributed by atoms with Crippen LogP contribution in [0.25, 0.3) is 10.2 Å². The molecule has 0 aliphatic carbocycles. The quantitative estimate of drug-likeness (QED) is 0.292. The second-order valence-corrected chi connectivity index (χ2v) is 11.1. The van der Waals surface area contributed by atoms with Gasteiger partial charge in [-0.15, -0.1) is 0 Å². The maximum atomic E-state index is 13.6. The Hall–Kier alpha value is -3.08. The summed E-state index contributed by atoms with van der Waals surface area (Å²) >= 11 is 1.45. The summed E-state index contributed by atoms with van der Waals surface area (Å²) < 4.78 is 30.4. The number of thiazole rings is 1. The second kappa shape index (κ2) is 11.1. The van der Waals surface area contributed by atoms with E-state index in [1.165, 1.54) is 27.8 Å². The zero-order chi connectivity index (χ0) is 24.8. The average molecular weight is 512 g/mol. The van der Waals surface area contributed by atoms with E-state index in [0.717, 1.165) is 23.1 Å². The van der Waals surface area contributed by atoms with Crippen LogP contribution in [0.4, 0.5) is 5.13 Å². The summed E-state index contributed by atoms with van der Waals surface area (Å²) in [5, 5.41) is 4.83. The van der Waals surface area contributed by atoms with Crippen molar-refractivity contribution < 1.29 is 13.2 Å². The Morgan fingerprint density at radius 2 is 1.69 bits per heavy atom. The Kier molecular flexibility index (Phi) is 7.94. The van der Waals surface area contributed by atoms with E-state index in [0.29, 0.717) is 36.9 Å². The van der Waals surface area contributed by atoms with Crippen LogP contribution in [0.3, 0.4) is 0 Å². The number of para-hydroxylation sites is 1. The van der Waals surface area contributed by atoms with Crippen molar-refractivity contribution >= 4 is 42.6 Å². The predicted octanol–water partition coefficient (Wildman–Crippen LogP) is 4.65. The van der Waals surface area contributed by atoms with E-state index in [4.69, 9.17) is 0 Å². The summed E-state index contributed by atoms with van der Waals surface area (Å²) in [7, 11) is -3.61.